The summed E-state index contributed by atoms with van der Waals surface area (Å²) in [7, 11) is 0. The molecule has 1 aromatic rings. The van der Waals surface area contributed by atoms with Crippen LogP contribution in [0.15, 0.2) is 22.8 Å². The molecule has 0 atom stereocenters. The molecule has 0 saturated heterocycles. The smallest absolute Gasteiger partial charge is 0.364 e. The second-order valence-corrected chi connectivity index (χ2v) is 3.35. The molecule has 6 nitrogen and oxygen atoms in total. The summed E-state index contributed by atoms with van der Waals surface area (Å²) in [6.07, 6.45) is 3.39. The Labute approximate surface area is 92.5 Å². The summed E-state index contributed by atoms with van der Waals surface area (Å²) in [5, 5.41) is 18.8. The van der Waals surface area contributed by atoms with Crippen molar-refractivity contribution in [3.8, 4) is 0 Å². The third-order valence-electron chi connectivity index (χ3n) is 1.46. The van der Waals surface area contributed by atoms with Crippen molar-refractivity contribution in [1.82, 2.24) is 4.98 Å². The summed E-state index contributed by atoms with van der Waals surface area (Å²) in [6.45, 7) is 0. The van der Waals surface area contributed by atoms with Crippen LogP contribution in [0.2, 0.25) is 0 Å². The highest BCUT2D eigenvalue weighted by atomic mass is 79.9. The quantitative estimate of drug-likeness (QED) is 0.515. The van der Waals surface area contributed by atoms with Gasteiger partial charge in [0.2, 0.25) is 0 Å². The second kappa shape index (κ2) is 4.65. The minimum Gasteiger partial charge on any atom is -0.478 e. The molecular weight excluding hydrogens is 268 g/mol. The van der Waals surface area contributed by atoms with Gasteiger partial charge in [0.15, 0.2) is 6.20 Å². The number of aliphatic carboxylic acids is 1. The monoisotopic (exact) mass is 272 g/mol. The normalized spacial score (nSPS) is 10.5. The van der Waals surface area contributed by atoms with Crippen molar-refractivity contribution in [3.63, 3.8) is 0 Å². The molecule has 1 N–H and O–H groups in total. The molecule has 0 aromatic carbocycles. The second-order valence-electron chi connectivity index (χ2n) is 2.49. The Bertz CT molecular complexity index is 444. The molecule has 7 heteroatoms. The third kappa shape index (κ3) is 3.13. The van der Waals surface area contributed by atoms with Crippen molar-refractivity contribution < 1.29 is 14.8 Å². The Morgan fingerprint density at radius 3 is 2.87 bits per heavy atom. The molecule has 1 rings (SSSR count). The van der Waals surface area contributed by atoms with E-state index in [0.29, 0.717) is 10.0 Å². The minimum absolute atomic E-state index is 0.330. The van der Waals surface area contributed by atoms with Gasteiger partial charge in [0.1, 0.15) is 0 Å². The van der Waals surface area contributed by atoms with Crippen LogP contribution in [0.4, 0.5) is 5.82 Å². The Morgan fingerprint density at radius 2 is 2.33 bits per heavy atom. The zero-order valence-electron chi connectivity index (χ0n) is 7.25. The van der Waals surface area contributed by atoms with Crippen LogP contribution in [0, 0.1) is 10.1 Å². The molecule has 1 heterocycles. The molecule has 0 aliphatic heterocycles. The first kappa shape index (κ1) is 11.3. The average molecular weight is 273 g/mol. The zero-order valence-corrected chi connectivity index (χ0v) is 8.84. The van der Waals surface area contributed by atoms with Crippen LogP contribution in [0.1, 0.15) is 5.56 Å². The highest BCUT2D eigenvalue weighted by Crippen LogP contribution is 2.20. The van der Waals surface area contributed by atoms with Gasteiger partial charge < -0.3 is 15.2 Å². The van der Waals surface area contributed by atoms with E-state index in [1.807, 2.05) is 0 Å². The van der Waals surface area contributed by atoms with Gasteiger partial charge >= 0.3 is 11.8 Å². The van der Waals surface area contributed by atoms with Crippen LogP contribution >= 0.6 is 15.9 Å². The number of hydrogen-bond donors (Lipinski definition) is 1. The summed E-state index contributed by atoms with van der Waals surface area (Å²) in [6, 6.07) is 1.18. The van der Waals surface area contributed by atoms with E-state index in [1.165, 1.54) is 18.3 Å². The largest absolute Gasteiger partial charge is 0.478 e. The highest BCUT2D eigenvalue weighted by molar-refractivity contribution is 9.10. The summed E-state index contributed by atoms with van der Waals surface area (Å²) in [5.41, 5.74) is 0.388. The molecule has 0 amide bonds. The predicted molar refractivity (Wildman–Crippen MR) is 55.3 cm³/mol. The Morgan fingerprint density at radius 1 is 1.67 bits per heavy atom. The lowest BCUT2D eigenvalue weighted by Gasteiger charge is -1.96. The van der Waals surface area contributed by atoms with E-state index in [9.17, 15) is 14.9 Å². The Kier molecular flexibility index (Phi) is 3.51. The van der Waals surface area contributed by atoms with Crippen molar-refractivity contribution >= 4 is 33.8 Å². The molecule has 0 aliphatic rings. The maximum absolute atomic E-state index is 10.4. The molecule has 78 valence electrons. The van der Waals surface area contributed by atoms with Crippen molar-refractivity contribution in [2.75, 3.05) is 0 Å². The molecule has 0 bridgehead atoms. The minimum atomic E-state index is -1.12. The lowest BCUT2D eigenvalue weighted by atomic mass is 10.2. The summed E-state index contributed by atoms with van der Waals surface area (Å²) in [5.74, 6) is -1.45. The van der Waals surface area contributed by atoms with Gasteiger partial charge in [0, 0.05) is 17.7 Å². The third-order valence-corrected chi connectivity index (χ3v) is 2.13. The van der Waals surface area contributed by atoms with E-state index in [2.05, 4.69) is 20.9 Å². The van der Waals surface area contributed by atoms with Crippen LogP contribution < -0.4 is 0 Å². The number of pyridine rings is 1. The lowest BCUT2D eigenvalue weighted by molar-refractivity contribution is -0.389. The number of carboxylic acids is 1. The first-order chi connectivity index (χ1) is 7.00. The van der Waals surface area contributed by atoms with E-state index >= 15 is 0 Å². The van der Waals surface area contributed by atoms with E-state index < -0.39 is 10.9 Å². The van der Waals surface area contributed by atoms with Crippen molar-refractivity contribution in [2.45, 2.75) is 0 Å². The summed E-state index contributed by atoms with van der Waals surface area (Å²) in [4.78, 5) is 23.5. The number of halogens is 1. The maximum atomic E-state index is 10.4. The fourth-order valence-corrected chi connectivity index (χ4v) is 1.18. The van der Waals surface area contributed by atoms with Crippen molar-refractivity contribution in [3.05, 3.63) is 38.5 Å². The van der Waals surface area contributed by atoms with Crippen LogP contribution in [0.25, 0.3) is 6.08 Å². The van der Waals surface area contributed by atoms with Crippen LogP contribution in [0.3, 0.4) is 0 Å². The highest BCUT2D eigenvalue weighted by Gasteiger charge is 2.09. The van der Waals surface area contributed by atoms with Gasteiger partial charge in [-0.15, -0.1) is 0 Å². The van der Waals surface area contributed by atoms with Crippen LogP contribution in [-0.2, 0) is 4.79 Å². The number of nitrogens with zero attached hydrogens (tertiary/aromatic N) is 2. The fraction of sp³-hybridized carbons (Fsp3) is 0. The standard InChI is InChI=1S/C8H5BrN2O4/c9-6-4-10-7(11(14)15)3-5(6)1-2-8(12)13/h1-4H,(H,12,13)/b2-1+. The molecule has 0 aliphatic carbocycles. The first-order valence-electron chi connectivity index (χ1n) is 3.71. The molecule has 0 spiro atoms. The fourth-order valence-electron chi connectivity index (χ4n) is 0.831. The molecule has 1 aromatic heterocycles. The topological polar surface area (TPSA) is 93.3 Å². The number of nitro groups is 1. The molecule has 0 unspecified atom stereocenters. The maximum Gasteiger partial charge on any atom is 0.364 e. The van der Waals surface area contributed by atoms with Gasteiger partial charge in [0.25, 0.3) is 0 Å². The number of rotatable bonds is 3. The molecule has 0 saturated carbocycles. The molecule has 15 heavy (non-hydrogen) atoms. The van der Waals surface area contributed by atoms with Gasteiger partial charge in [-0.1, -0.05) is 0 Å². The SMILES string of the molecule is O=C(O)/C=C/c1cc([N+](=O)[O-])ncc1Br. The van der Waals surface area contributed by atoms with Gasteiger partial charge in [-0.25, -0.2) is 4.79 Å². The Hall–Kier alpha value is -1.76. The molecule has 0 radical (unpaired) electrons. The van der Waals surface area contributed by atoms with Crippen molar-refractivity contribution in [2.24, 2.45) is 0 Å². The number of aromatic nitrogens is 1. The van der Waals surface area contributed by atoms with E-state index in [-0.39, 0.29) is 5.82 Å². The van der Waals surface area contributed by atoms with Gasteiger partial charge in [-0.05, 0) is 31.9 Å². The van der Waals surface area contributed by atoms with Gasteiger partial charge in [-0.3, -0.25) is 0 Å². The zero-order chi connectivity index (χ0) is 11.4. The predicted octanol–water partition coefficient (Wildman–Crippen LogP) is 1.85. The van der Waals surface area contributed by atoms with E-state index in [4.69, 9.17) is 5.11 Å². The summed E-state index contributed by atoms with van der Waals surface area (Å²) < 4.78 is 0.491. The number of hydrogen-bond acceptors (Lipinski definition) is 4. The van der Waals surface area contributed by atoms with E-state index in [1.54, 1.807) is 0 Å². The summed E-state index contributed by atoms with van der Waals surface area (Å²) >= 11 is 3.10. The van der Waals surface area contributed by atoms with Crippen LogP contribution in [-0.4, -0.2) is 21.0 Å². The molecule has 0 fully saturated rings. The molecular formula is C8H5BrN2O4. The first-order valence-corrected chi connectivity index (χ1v) is 4.51. The number of carboxylic acid groups (broad SMARTS) is 1. The van der Waals surface area contributed by atoms with Gasteiger partial charge in [0.05, 0.1) is 4.47 Å². The van der Waals surface area contributed by atoms with Crippen molar-refractivity contribution in [1.29, 1.82) is 0 Å². The van der Waals surface area contributed by atoms with E-state index in [0.717, 1.165) is 6.08 Å². The lowest BCUT2D eigenvalue weighted by Crippen LogP contribution is -1.93. The number of carbonyl (C=O) groups is 1. The van der Waals surface area contributed by atoms with Gasteiger partial charge in [-0.2, -0.15) is 0 Å². The average Bonchev–Trinajstić information content (AvgIpc) is 2.16. The van der Waals surface area contributed by atoms with Crippen LogP contribution in [0.5, 0.6) is 0 Å². The Balaban J connectivity index is 3.11.